The number of Topliss-reactive ketones (excluding diaryl/α,β-unsaturated/α-hetero) is 1. The van der Waals surface area contributed by atoms with E-state index in [9.17, 15) is 9.59 Å². The van der Waals surface area contributed by atoms with Crippen molar-refractivity contribution in [2.45, 2.75) is 38.5 Å². The summed E-state index contributed by atoms with van der Waals surface area (Å²) in [7, 11) is 0. The Morgan fingerprint density at radius 1 is 1.05 bits per heavy atom. The largest absolute Gasteiger partial charge is 0.370 e. The molecule has 0 bridgehead atoms. The van der Waals surface area contributed by atoms with Crippen molar-refractivity contribution in [1.82, 2.24) is 0 Å². The van der Waals surface area contributed by atoms with Crippen LogP contribution in [0, 0.1) is 11.8 Å². The summed E-state index contributed by atoms with van der Waals surface area (Å²) in [4.78, 5) is 23.2. The lowest BCUT2D eigenvalue weighted by molar-refractivity contribution is -0.117. The molecule has 2 rings (SSSR count). The van der Waals surface area contributed by atoms with E-state index in [1.165, 1.54) is 0 Å². The fourth-order valence-corrected chi connectivity index (χ4v) is 3.00. The van der Waals surface area contributed by atoms with Gasteiger partial charge in [0.25, 0.3) is 0 Å². The van der Waals surface area contributed by atoms with Gasteiger partial charge in [-0.25, -0.2) is 0 Å². The predicted octanol–water partition coefficient (Wildman–Crippen LogP) is 2.05. The highest BCUT2D eigenvalue weighted by atomic mass is 16.1. The molecule has 1 aromatic carbocycles. The summed E-state index contributed by atoms with van der Waals surface area (Å²) < 4.78 is 0. The van der Waals surface area contributed by atoms with Gasteiger partial charge in [-0.2, -0.15) is 0 Å². The lowest BCUT2D eigenvalue weighted by Crippen LogP contribution is -2.25. The van der Waals surface area contributed by atoms with Gasteiger partial charge < -0.3 is 11.5 Å². The van der Waals surface area contributed by atoms with Gasteiger partial charge in [-0.3, -0.25) is 9.59 Å². The molecule has 1 aliphatic carbocycles. The lowest BCUT2D eigenvalue weighted by Gasteiger charge is -2.26. The van der Waals surface area contributed by atoms with Crippen molar-refractivity contribution in [2.75, 3.05) is 6.54 Å². The zero-order chi connectivity index (χ0) is 15.2. The number of aryl methyl sites for hydroxylation is 1. The molecule has 0 radical (unpaired) electrons. The minimum Gasteiger partial charge on any atom is -0.370 e. The second kappa shape index (κ2) is 7.36. The molecule has 1 aliphatic rings. The first-order chi connectivity index (χ1) is 10.1. The zero-order valence-corrected chi connectivity index (χ0v) is 12.4. The third kappa shape index (κ3) is 4.39. The highest BCUT2D eigenvalue weighted by molar-refractivity contribution is 5.97. The summed E-state index contributed by atoms with van der Waals surface area (Å²) in [5.74, 6) is 0.674. The molecule has 0 atom stereocenters. The van der Waals surface area contributed by atoms with E-state index in [4.69, 9.17) is 11.5 Å². The molecule has 4 nitrogen and oxygen atoms in total. The smallest absolute Gasteiger partial charge is 0.217 e. The summed E-state index contributed by atoms with van der Waals surface area (Å²) in [6.45, 7) is 0.732. The van der Waals surface area contributed by atoms with Crippen molar-refractivity contribution in [3.8, 4) is 0 Å². The summed E-state index contributed by atoms with van der Waals surface area (Å²) >= 11 is 0. The molecule has 0 unspecified atom stereocenters. The molecule has 0 saturated heterocycles. The predicted molar refractivity (Wildman–Crippen MR) is 82.8 cm³/mol. The molecular formula is C17H24N2O2. The van der Waals surface area contributed by atoms with Gasteiger partial charge in [0, 0.05) is 17.9 Å². The van der Waals surface area contributed by atoms with E-state index in [-0.39, 0.29) is 17.6 Å². The monoisotopic (exact) mass is 288 g/mol. The molecule has 0 aliphatic heterocycles. The standard InChI is InChI=1S/C17H24N2O2/c18-11-13-3-8-15(9-4-13)17(21)14-6-1-12(2-7-14)5-10-16(19)20/h1-2,6-7,13,15H,3-5,8-11,18H2,(H2,19,20). The number of nitrogens with two attached hydrogens (primary N) is 2. The Bertz CT molecular complexity index is 488. The van der Waals surface area contributed by atoms with Crippen LogP contribution in [0.1, 0.15) is 48.0 Å². The van der Waals surface area contributed by atoms with E-state index >= 15 is 0 Å². The Labute approximate surface area is 125 Å². The number of hydrogen-bond acceptors (Lipinski definition) is 3. The zero-order valence-electron chi connectivity index (χ0n) is 12.4. The van der Waals surface area contributed by atoms with Crippen LogP contribution >= 0.6 is 0 Å². The van der Waals surface area contributed by atoms with Crippen molar-refractivity contribution in [2.24, 2.45) is 23.3 Å². The van der Waals surface area contributed by atoms with Crippen LogP contribution in [0.2, 0.25) is 0 Å². The van der Waals surface area contributed by atoms with Crippen LogP contribution in [0.15, 0.2) is 24.3 Å². The summed E-state index contributed by atoms with van der Waals surface area (Å²) in [5, 5.41) is 0. The Morgan fingerprint density at radius 2 is 1.67 bits per heavy atom. The van der Waals surface area contributed by atoms with Crippen LogP contribution in [0.25, 0.3) is 0 Å². The van der Waals surface area contributed by atoms with Gasteiger partial charge in [-0.1, -0.05) is 24.3 Å². The van der Waals surface area contributed by atoms with Crippen LogP contribution in [0.4, 0.5) is 0 Å². The highest BCUT2D eigenvalue weighted by Gasteiger charge is 2.26. The van der Waals surface area contributed by atoms with Gasteiger partial charge >= 0.3 is 0 Å². The summed E-state index contributed by atoms with van der Waals surface area (Å²) in [6, 6.07) is 7.57. The van der Waals surface area contributed by atoms with Gasteiger partial charge in [0.05, 0.1) is 0 Å². The van der Waals surface area contributed by atoms with E-state index in [2.05, 4.69) is 0 Å². The number of amides is 1. The quantitative estimate of drug-likeness (QED) is 0.785. The maximum absolute atomic E-state index is 12.5. The molecule has 1 amide bonds. The molecule has 1 saturated carbocycles. The lowest BCUT2D eigenvalue weighted by atomic mass is 9.78. The van der Waals surface area contributed by atoms with E-state index in [0.29, 0.717) is 18.8 Å². The van der Waals surface area contributed by atoms with Gasteiger partial charge in [0.2, 0.25) is 5.91 Å². The number of primary amides is 1. The topological polar surface area (TPSA) is 86.2 Å². The fraction of sp³-hybridized carbons (Fsp3) is 0.529. The number of rotatable bonds is 6. The third-order valence-electron chi connectivity index (χ3n) is 4.45. The summed E-state index contributed by atoms with van der Waals surface area (Å²) in [5.41, 5.74) is 12.6. The molecule has 0 heterocycles. The Hall–Kier alpha value is -1.68. The number of carbonyl (C=O) groups is 2. The fourth-order valence-electron chi connectivity index (χ4n) is 3.00. The molecule has 4 heteroatoms. The van der Waals surface area contributed by atoms with Gasteiger partial charge in [-0.15, -0.1) is 0 Å². The van der Waals surface area contributed by atoms with Gasteiger partial charge in [0.1, 0.15) is 0 Å². The van der Waals surface area contributed by atoms with Gasteiger partial charge in [0.15, 0.2) is 5.78 Å². The van der Waals surface area contributed by atoms with Crippen LogP contribution in [-0.2, 0) is 11.2 Å². The number of ketones is 1. The van der Waals surface area contributed by atoms with Crippen molar-refractivity contribution in [3.63, 3.8) is 0 Å². The Morgan fingerprint density at radius 3 is 2.19 bits per heavy atom. The van der Waals surface area contributed by atoms with Gasteiger partial charge in [-0.05, 0) is 50.1 Å². The average molecular weight is 288 g/mol. The second-order valence-electron chi connectivity index (χ2n) is 5.98. The van der Waals surface area contributed by atoms with E-state index in [0.717, 1.165) is 43.4 Å². The van der Waals surface area contributed by atoms with Crippen molar-refractivity contribution < 1.29 is 9.59 Å². The highest BCUT2D eigenvalue weighted by Crippen LogP contribution is 2.30. The number of hydrogen-bond donors (Lipinski definition) is 2. The first kappa shape index (κ1) is 15.7. The molecule has 0 aromatic heterocycles. The van der Waals surface area contributed by atoms with Crippen LogP contribution < -0.4 is 11.5 Å². The van der Waals surface area contributed by atoms with Crippen LogP contribution in [-0.4, -0.2) is 18.2 Å². The SMILES string of the molecule is NCC1CCC(C(=O)c2ccc(CCC(N)=O)cc2)CC1. The maximum Gasteiger partial charge on any atom is 0.217 e. The van der Waals surface area contributed by atoms with Crippen molar-refractivity contribution in [3.05, 3.63) is 35.4 Å². The third-order valence-corrected chi connectivity index (χ3v) is 4.45. The first-order valence-electron chi connectivity index (χ1n) is 7.71. The maximum atomic E-state index is 12.5. The van der Waals surface area contributed by atoms with Crippen LogP contribution in [0.3, 0.4) is 0 Å². The molecule has 1 fully saturated rings. The molecule has 4 N–H and O–H groups in total. The molecule has 0 spiro atoms. The molecule has 114 valence electrons. The minimum absolute atomic E-state index is 0.143. The van der Waals surface area contributed by atoms with Crippen LogP contribution in [0.5, 0.6) is 0 Å². The minimum atomic E-state index is -0.299. The Balaban J connectivity index is 1.92. The molecule has 1 aromatic rings. The van der Waals surface area contributed by atoms with E-state index in [1.807, 2.05) is 24.3 Å². The van der Waals surface area contributed by atoms with E-state index < -0.39 is 0 Å². The summed E-state index contributed by atoms with van der Waals surface area (Å²) in [6.07, 6.45) is 4.99. The number of benzene rings is 1. The molecule has 21 heavy (non-hydrogen) atoms. The molecular weight excluding hydrogens is 264 g/mol. The van der Waals surface area contributed by atoms with E-state index in [1.54, 1.807) is 0 Å². The normalized spacial score (nSPS) is 22.0. The number of carbonyl (C=O) groups excluding carboxylic acids is 2. The van der Waals surface area contributed by atoms with Crippen molar-refractivity contribution in [1.29, 1.82) is 0 Å². The average Bonchev–Trinajstić information content (AvgIpc) is 2.53. The Kier molecular flexibility index (Phi) is 5.51. The van der Waals surface area contributed by atoms with Crippen molar-refractivity contribution >= 4 is 11.7 Å². The first-order valence-corrected chi connectivity index (χ1v) is 7.71. The second-order valence-corrected chi connectivity index (χ2v) is 5.98.